The number of fused-ring (bicyclic) bond motifs is 1. The van der Waals surface area contributed by atoms with E-state index in [0.717, 1.165) is 11.1 Å². The summed E-state index contributed by atoms with van der Waals surface area (Å²) in [4.78, 5) is 12.8. The molecule has 1 N–H and O–H groups in total. The Morgan fingerprint density at radius 3 is 2.35 bits per heavy atom. The molecule has 0 unspecified atom stereocenters. The average Bonchev–Trinajstić information content (AvgIpc) is 2.67. The summed E-state index contributed by atoms with van der Waals surface area (Å²) in [5.74, 6) is 0.536. The minimum absolute atomic E-state index is 0.0211. The number of carbonyl (C=O) groups is 1. The van der Waals surface area contributed by atoms with Crippen LogP contribution in [0.5, 0.6) is 11.5 Å². The molecule has 0 bridgehead atoms. The third-order valence-corrected chi connectivity index (χ3v) is 4.46. The molecule has 3 nitrogen and oxygen atoms in total. The first kappa shape index (κ1) is 16.2. The normalized spacial score (nSPS) is 16.3. The fourth-order valence-corrected chi connectivity index (χ4v) is 3.21. The Morgan fingerprint density at radius 1 is 0.923 bits per heavy atom. The summed E-state index contributed by atoms with van der Waals surface area (Å²) >= 11 is 0. The molecular weight excluding hydrogens is 324 g/mol. The summed E-state index contributed by atoms with van der Waals surface area (Å²) in [6, 6.07) is 22.6. The molecule has 1 aliphatic heterocycles. The third kappa shape index (κ3) is 3.24. The van der Waals surface area contributed by atoms with Gasteiger partial charge in [0.1, 0.15) is 17.6 Å². The van der Waals surface area contributed by atoms with Crippen LogP contribution < -0.4 is 4.74 Å². The maximum Gasteiger partial charge on any atom is 0.171 e. The molecule has 0 saturated carbocycles. The summed E-state index contributed by atoms with van der Waals surface area (Å²) in [5.41, 5.74) is 3.18. The number of carbonyl (C=O) groups excluding carboxylic acids is 1. The molecule has 0 spiro atoms. The topological polar surface area (TPSA) is 46.5 Å². The fourth-order valence-electron chi connectivity index (χ4n) is 3.21. The van der Waals surface area contributed by atoms with Crippen molar-refractivity contribution in [2.75, 3.05) is 0 Å². The van der Waals surface area contributed by atoms with Crippen LogP contribution in [0.4, 0.5) is 0 Å². The predicted molar refractivity (Wildman–Crippen MR) is 102 cm³/mol. The minimum Gasteiger partial charge on any atom is -0.508 e. The number of phenols is 1. The Hall–Kier alpha value is -3.33. The van der Waals surface area contributed by atoms with E-state index in [-0.39, 0.29) is 24.1 Å². The molecule has 0 radical (unpaired) electrons. The van der Waals surface area contributed by atoms with E-state index in [9.17, 15) is 9.90 Å². The Balaban J connectivity index is 1.71. The quantitative estimate of drug-likeness (QED) is 0.660. The van der Waals surface area contributed by atoms with Gasteiger partial charge < -0.3 is 9.84 Å². The van der Waals surface area contributed by atoms with E-state index in [2.05, 4.69) is 0 Å². The zero-order chi connectivity index (χ0) is 17.9. The molecule has 1 heterocycles. The first-order valence-corrected chi connectivity index (χ1v) is 8.55. The Bertz CT molecular complexity index is 960. The largest absolute Gasteiger partial charge is 0.508 e. The van der Waals surface area contributed by atoms with Crippen LogP contribution in [0.2, 0.25) is 0 Å². The number of Topliss-reactive ketones (excluding diaryl/α,β-unsaturated/α-hetero) is 1. The number of aromatic hydroxyl groups is 1. The van der Waals surface area contributed by atoms with E-state index in [4.69, 9.17) is 4.74 Å². The number of rotatable bonds is 3. The number of benzene rings is 3. The zero-order valence-corrected chi connectivity index (χ0v) is 14.1. The van der Waals surface area contributed by atoms with Crippen molar-refractivity contribution in [3.63, 3.8) is 0 Å². The number of hydrogen-bond donors (Lipinski definition) is 1. The van der Waals surface area contributed by atoms with Gasteiger partial charge in [-0.1, -0.05) is 72.8 Å². The molecule has 0 saturated heterocycles. The molecule has 1 atom stereocenters. The van der Waals surface area contributed by atoms with Crippen LogP contribution in [-0.2, 0) is 0 Å². The van der Waals surface area contributed by atoms with Crippen molar-refractivity contribution in [3.05, 3.63) is 95.1 Å². The van der Waals surface area contributed by atoms with Crippen LogP contribution in [-0.4, -0.2) is 10.9 Å². The third-order valence-electron chi connectivity index (χ3n) is 4.46. The summed E-state index contributed by atoms with van der Waals surface area (Å²) in [5, 5.41) is 10.1. The van der Waals surface area contributed by atoms with Crippen molar-refractivity contribution in [1.82, 2.24) is 0 Å². The molecule has 0 fully saturated rings. The molecule has 3 aromatic rings. The first-order valence-electron chi connectivity index (χ1n) is 8.55. The zero-order valence-electron chi connectivity index (χ0n) is 14.1. The Kier molecular flexibility index (Phi) is 4.28. The van der Waals surface area contributed by atoms with Gasteiger partial charge in [0.2, 0.25) is 0 Å². The molecule has 3 heteroatoms. The maximum absolute atomic E-state index is 12.8. The van der Waals surface area contributed by atoms with Gasteiger partial charge in [-0.2, -0.15) is 0 Å². The second-order valence-electron chi connectivity index (χ2n) is 6.30. The lowest BCUT2D eigenvalue weighted by molar-refractivity contribution is 0.0849. The van der Waals surface area contributed by atoms with Gasteiger partial charge in [-0.25, -0.2) is 0 Å². The van der Waals surface area contributed by atoms with E-state index in [1.165, 1.54) is 6.07 Å². The lowest BCUT2D eigenvalue weighted by atomic mass is 9.92. The Morgan fingerprint density at radius 2 is 1.62 bits per heavy atom. The van der Waals surface area contributed by atoms with Gasteiger partial charge in [-0.05, 0) is 22.8 Å². The monoisotopic (exact) mass is 342 g/mol. The van der Waals surface area contributed by atoms with Crippen molar-refractivity contribution >= 4 is 17.9 Å². The number of ketones is 1. The van der Waals surface area contributed by atoms with E-state index in [1.807, 2.05) is 72.8 Å². The van der Waals surface area contributed by atoms with Crippen LogP contribution in [0.3, 0.4) is 0 Å². The molecule has 1 aliphatic rings. The molecule has 128 valence electrons. The second-order valence-corrected chi connectivity index (χ2v) is 6.30. The predicted octanol–water partition coefficient (Wildman–Crippen LogP) is 5.27. The van der Waals surface area contributed by atoms with Gasteiger partial charge >= 0.3 is 0 Å². The minimum atomic E-state index is -0.330. The second kappa shape index (κ2) is 6.89. The van der Waals surface area contributed by atoms with Gasteiger partial charge in [0.25, 0.3) is 0 Å². The van der Waals surface area contributed by atoms with Crippen molar-refractivity contribution in [2.24, 2.45) is 0 Å². The van der Waals surface area contributed by atoms with E-state index >= 15 is 0 Å². The maximum atomic E-state index is 12.8. The smallest absolute Gasteiger partial charge is 0.171 e. The van der Waals surface area contributed by atoms with E-state index < -0.39 is 0 Å². The summed E-state index contributed by atoms with van der Waals surface area (Å²) in [7, 11) is 0. The molecule has 3 aromatic carbocycles. The standard InChI is InChI=1S/C23H18O3/c24-19-13-18(12-11-16-7-3-1-4-8-16)23-20(25)15-21(26-22(23)14-19)17-9-5-2-6-10-17/h1-14,21,24H,15H2/b12-11-/t21-/m0/s1. The lowest BCUT2D eigenvalue weighted by Crippen LogP contribution is -2.21. The Labute approximate surface area is 152 Å². The number of ether oxygens (including phenoxy) is 1. The highest BCUT2D eigenvalue weighted by molar-refractivity contribution is 6.04. The summed E-state index contributed by atoms with van der Waals surface area (Å²) < 4.78 is 6.05. The van der Waals surface area contributed by atoms with Gasteiger partial charge in [0, 0.05) is 6.07 Å². The van der Waals surface area contributed by atoms with Gasteiger partial charge in [0.15, 0.2) is 5.78 Å². The SMILES string of the molecule is O=C1C[C@@H](c2ccccc2)Oc2cc(O)cc(/C=C\c3ccccc3)c21. The van der Waals surface area contributed by atoms with Crippen molar-refractivity contribution in [1.29, 1.82) is 0 Å². The first-order chi connectivity index (χ1) is 12.7. The van der Waals surface area contributed by atoms with E-state index in [1.54, 1.807) is 6.07 Å². The highest BCUT2D eigenvalue weighted by Crippen LogP contribution is 2.39. The molecule has 26 heavy (non-hydrogen) atoms. The molecule has 4 rings (SSSR count). The summed E-state index contributed by atoms with van der Waals surface area (Å²) in [6.45, 7) is 0. The van der Waals surface area contributed by atoms with Gasteiger partial charge in [-0.3, -0.25) is 4.79 Å². The molecule has 0 aromatic heterocycles. The van der Waals surface area contributed by atoms with Crippen molar-refractivity contribution in [2.45, 2.75) is 12.5 Å². The highest BCUT2D eigenvalue weighted by Gasteiger charge is 2.29. The molecule has 0 aliphatic carbocycles. The lowest BCUT2D eigenvalue weighted by Gasteiger charge is -2.26. The highest BCUT2D eigenvalue weighted by atomic mass is 16.5. The molecular formula is C23H18O3. The van der Waals surface area contributed by atoms with E-state index in [0.29, 0.717) is 16.9 Å². The number of hydrogen-bond acceptors (Lipinski definition) is 3. The summed E-state index contributed by atoms with van der Waals surface area (Å²) in [6.07, 6.45) is 3.72. The van der Waals surface area contributed by atoms with Crippen LogP contribution in [0.25, 0.3) is 12.2 Å². The van der Waals surface area contributed by atoms with Crippen LogP contribution >= 0.6 is 0 Å². The van der Waals surface area contributed by atoms with Crippen molar-refractivity contribution in [3.8, 4) is 11.5 Å². The van der Waals surface area contributed by atoms with Gasteiger partial charge in [0.05, 0.1) is 12.0 Å². The number of phenolic OH excluding ortho intramolecular Hbond substituents is 1. The van der Waals surface area contributed by atoms with Crippen molar-refractivity contribution < 1.29 is 14.6 Å². The molecule has 0 amide bonds. The van der Waals surface area contributed by atoms with Crippen LogP contribution in [0.15, 0.2) is 72.8 Å². The van der Waals surface area contributed by atoms with Crippen LogP contribution in [0.1, 0.15) is 39.6 Å². The van der Waals surface area contributed by atoms with Crippen LogP contribution in [0, 0.1) is 0 Å². The van der Waals surface area contributed by atoms with Gasteiger partial charge in [-0.15, -0.1) is 0 Å². The average molecular weight is 342 g/mol. The fraction of sp³-hybridized carbons (Fsp3) is 0.0870.